The summed E-state index contributed by atoms with van der Waals surface area (Å²) in [5.41, 5.74) is 4.59. The highest BCUT2D eigenvalue weighted by atomic mass is 32.2. The van der Waals surface area contributed by atoms with Crippen LogP contribution >= 0.6 is 11.8 Å². The molecule has 2 nitrogen and oxygen atoms in total. The lowest BCUT2D eigenvalue weighted by Crippen LogP contribution is -2.34. The van der Waals surface area contributed by atoms with Crippen LogP contribution in [0.5, 0.6) is 11.5 Å². The van der Waals surface area contributed by atoms with Crippen LogP contribution in [-0.4, -0.2) is 7.11 Å². The van der Waals surface area contributed by atoms with Crippen molar-refractivity contribution in [2.75, 3.05) is 7.11 Å². The van der Waals surface area contributed by atoms with Gasteiger partial charge in [0.15, 0.2) is 0 Å². The molecular formula is C36H26O2S. The van der Waals surface area contributed by atoms with Gasteiger partial charge >= 0.3 is 0 Å². The molecule has 0 saturated heterocycles. The summed E-state index contributed by atoms with van der Waals surface area (Å²) in [6.45, 7) is 3.70. The van der Waals surface area contributed by atoms with E-state index in [0.29, 0.717) is 0 Å². The molecule has 7 rings (SSSR count). The van der Waals surface area contributed by atoms with Gasteiger partial charge in [0.1, 0.15) is 11.5 Å². The Morgan fingerprint density at radius 1 is 0.590 bits per heavy atom. The largest absolute Gasteiger partial charge is 0.497 e. The lowest BCUT2D eigenvalue weighted by atomic mass is 9.64. The molecule has 1 aliphatic rings. The van der Waals surface area contributed by atoms with E-state index >= 15 is 0 Å². The Labute approximate surface area is 232 Å². The van der Waals surface area contributed by atoms with Crippen molar-refractivity contribution in [1.82, 2.24) is 0 Å². The van der Waals surface area contributed by atoms with E-state index in [-0.39, 0.29) is 0 Å². The SMILES string of the molecule is C=COc1ccc2cc(C3(c4ccc5cc(OC)ccc5c4)c4ccccc4Sc4ccccc43)ccc2c1. The molecular weight excluding hydrogens is 496 g/mol. The number of ether oxygens (including phenoxy) is 2. The highest BCUT2D eigenvalue weighted by molar-refractivity contribution is 7.99. The minimum atomic E-state index is -0.489. The summed E-state index contributed by atoms with van der Waals surface area (Å²) in [4.78, 5) is 2.56. The van der Waals surface area contributed by atoms with Gasteiger partial charge in [-0.15, -0.1) is 0 Å². The Balaban J connectivity index is 1.57. The molecule has 0 saturated carbocycles. The molecule has 6 aromatic rings. The van der Waals surface area contributed by atoms with Crippen molar-refractivity contribution in [3.63, 3.8) is 0 Å². The Bertz CT molecular complexity index is 1840. The summed E-state index contributed by atoms with van der Waals surface area (Å²) in [6, 6.07) is 43.9. The summed E-state index contributed by atoms with van der Waals surface area (Å²) in [5, 5.41) is 4.65. The van der Waals surface area contributed by atoms with E-state index in [1.165, 1.54) is 49.1 Å². The predicted octanol–water partition coefficient (Wildman–Crippen LogP) is 9.37. The molecule has 0 bridgehead atoms. The van der Waals surface area contributed by atoms with Crippen molar-refractivity contribution in [2.24, 2.45) is 0 Å². The predicted molar refractivity (Wildman–Crippen MR) is 161 cm³/mol. The number of hydrogen-bond acceptors (Lipinski definition) is 3. The maximum absolute atomic E-state index is 5.55. The number of rotatable bonds is 5. The average molecular weight is 523 g/mol. The zero-order valence-corrected chi connectivity index (χ0v) is 22.4. The van der Waals surface area contributed by atoms with Gasteiger partial charge in [-0.3, -0.25) is 0 Å². The fourth-order valence-electron chi connectivity index (χ4n) is 5.99. The molecule has 0 amide bonds. The molecule has 0 fully saturated rings. The van der Waals surface area contributed by atoms with Gasteiger partial charge in [-0.05, 0) is 92.3 Å². The van der Waals surface area contributed by atoms with E-state index in [2.05, 4.69) is 116 Å². The quantitative estimate of drug-likeness (QED) is 0.210. The van der Waals surface area contributed by atoms with Crippen LogP contribution in [0.15, 0.2) is 144 Å². The third-order valence-corrected chi connectivity index (χ3v) is 8.90. The summed E-state index contributed by atoms with van der Waals surface area (Å²) in [5.74, 6) is 1.65. The number of fused-ring (bicyclic) bond motifs is 4. The third kappa shape index (κ3) is 3.73. The number of methoxy groups -OCH3 is 1. The standard InChI is InChI=1S/C36H26O2S/c1-3-38-31-19-15-25-21-29(17-13-27(25)23-31)36(28-16-12-26-22-30(37-2)18-14-24(26)20-28)32-8-4-6-10-34(32)39-35-11-7-5-9-33(35)36/h3-23H,1H2,2H3. The molecule has 1 aliphatic heterocycles. The maximum atomic E-state index is 5.55. The van der Waals surface area contributed by atoms with Crippen LogP contribution in [0.4, 0.5) is 0 Å². The second-order valence-electron chi connectivity index (χ2n) is 9.78. The lowest BCUT2D eigenvalue weighted by molar-refractivity contribution is 0.415. The second-order valence-corrected chi connectivity index (χ2v) is 10.9. The molecule has 39 heavy (non-hydrogen) atoms. The molecule has 0 atom stereocenters. The van der Waals surface area contributed by atoms with Crippen LogP contribution in [0.2, 0.25) is 0 Å². The minimum Gasteiger partial charge on any atom is -0.497 e. The van der Waals surface area contributed by atoms with Crippen LogP contribution in [0.25, 0.3) is 21.5 Å². The van der Waals surface area contributed by atoms with Gasteiger partial charge in [-0.1, -0.05) is 91.1 Å². The smallest absolute Gasteiger partial charge is 0.127 e. The Hall–Kier alpha value is -4.47. The molecule has 1 heterocycles. The van der Waals surface area contributed by atoms with Gasteiger partial charge < -0.3 is 9.47 Å². The zero-order chi connectivity index (χ0) is 26.4. The van der Waals surface area contributed by atoms with E-state index in [4.69, 9.17) is 9.47 Å². The number of hydrogen-bond donors (Lipinski definition) is 0. The molecule has 0 N–H and O–H groups in total. The van der Waals surface area contributed by atoms with E-state index in [9.17, 15) is 0 Å². The monoisotopic (exact) mass is 522 g/mol. The maximum Gasteiger partial charge on any atom is 0.127 e. The van der Waals surface area contributed by atoms with Crippen LogP contribution in [0, 0.1) is 0 Å². The van der Waals surface area contributed by atoms with Gasteiger partial charge in [0, 0.05) is 9.79 Å². The third-order valence-electron chi connectivity index (χ3n) is 7.75. The van der Waals surface area contributed by atoms with Gasteiger partial charge in [-0.2, -0.15) is 0 Å². The van der Waals surface area contributed by atoms with Gasteiger partial charge in [-0.25, -0.2) is 0 Å². The topological polar surface area (TPSA) is 18.5 Å². The van der Waals surface area contributed by atoms with Crippen molar-refractivity contribution in [3.05, 3.63) is 156 Å². The number of benzene rings is 6. The van der Waals surface area contributed by atoms with Crippen LogP contribution in [-0.2, 0) is 5.41 Å². The molecule has 0 spiro atoms. The van der Waals surface area contributed by atoms with Crippen LogP contribution in [0.3, 0.4) is 0 Å². The highest BCUT2D eigenvalue weighted by Gasteiger charge is 2.44. The first kappa shape index (κ1) is 23.6. The molecule has 0 aliphatic carbocycles. The van der Waals surface area contributed by atoms with E-state index in [0.717, 1.165) is 22.3 Å². The Morgan fingerprint density at radius 3 is 1.64 bits per heavy atom. The van der Waals surface area contributed by atoms with Crippen molar-refractivity contribution >= 4 is 33.3 Å². The summed E-state index contributed by atoms with van der Waals surface area (Å²) in [7, 11) is 1.71. The first-order valence-electron chi connectivity index (χ1n) is 13.0. The summed E-state index contributed by atoms with van der Waals surface area (Å²) < 4.78 is 11.1. The summed E-state index contributed by atoms with van der Waals surface area (Å²) >= 11 is 1.85. The fourth-order valence-corrected chi connectivity index (χ4v) is 7.19. The first-order chi connectivity index (χ1) is 19.2. The Morgan fingerprint density at radius 2 is 1.08 bits per heavy atom. The molecule has 6 aromatic carbocycles. The average Bonchev–Trinajstić information content (AvgIpc) is 2.99. The molecule has 0 unspecified atom stereocenters. The minimum absolute atomic E-state index is 0.489. The van der Waals surface area contributed by atoms with Gasteiger partial charge in [0.2, 0.25) is 0 Å². The summed E-state index contributed by atoms with van der Waals surface area (Å²) in [6.07, 6.45) is 1.47. The van der Waals surface area contributed by atoms with Gasteiger partial charge in [0.25, 0.3) is 0 Å². The Kier molecular flexibility index (Phi) is 5.68. The van der Waals surface area contributed by atoms with Crippen molar-refractivity contribution in [3.8, 4) is 11.5 Å². The molecule has 188 valence electrons. The van der Waals surface area contributed by atoms with Crippen LogP contribution < -0.4 is 9.47 Å². The van der Waals surface area contributed by atoms with Gasteiger partial charge in [0.05, 0.1) is 18.8 Å². The fraction of sp³-hybridized carbons (Fsp3) is 0.0556. The highest BCUT2D eigenvalue weighted by Crippen LogP contribution is 2.56. The molecule has 0 radical (unpaired) electrons. The zero-order valence-electron chi connectivity index (χ0n) is 21.6. The lowest BCUT2D eigenvalue weighted by Gasteiger charge is -2.42. The molecule has 0 aromatic heterocycles. The first-order valence-corrected chi connectivity index (χ1v) is 13.8. The van der Waals surface area contributed by atoms with Crippen molar-refractivity contribution in [2.45, 2.75) is 15.2 Å². The molecule has 3 heteroatoms. The second kappa shape index (κ2) is 9.37. The van der Waals surface area contributed by atoms with Crippen molar-refractivity contribution in [1.29, 1.82) is 0 Å². The van der Waals surface area contributed by atoms with Crippen LogP contribution in [0.1, 0.15) is 22.3 Å². The van der Waals surface area contributed by atoms with Crippen molar-refractivity contribution < 1.29 is 9.47 Å². The normalized spacial score (nSPS) is 13.5. The van der Waals surface area contributed by atoms with E-state index in [1.807, 2.05) is 23.9 Å². The van der Waals surface area contributed by atoms with E-state index < -0.39 is 5.41 Å². The van der Waals surface area contributed by atoms with E-state index in [1.54, 1.807) is 7.11 Å².